The number of carbonyl (C=O) groups excluding carboxylic acids is 1. The first kappa shape index (κ1) is 9.20. The molecule has 0 aromatic heterocycles. The Labute approximate surface area is 73.1 Å². The molecule has 0 spiro atoms. The molecule has 1 rings (SSSR count). The minimum atomic E-state index is 0.143. The van der Waals surface area contributed by atoms with E-state index in [0.29, 0.717) is 12.5 Å². The Morgan fingerprint density at radius 1 is 1.75 bits per heavy atom. The van der Waals surface area contributed by atoms with Gasteiger partial charge in [-0.3, -0.25) is 4.79 Å². The van der Waals surface area contributed by atoms with Crippen molar-refractivity contribution >= 4 is 5.78 Å². The molecule has 2 heteroatoms. The highest BCUT2D eigenvalue weighted by molar-refractivity contribution is 5.96. The fourth-order valence-corrected chi connectivity index (χ4v) is 1.31. The summed E-state index contributed by atoms with van der Waals surface area (Å²) in [6.07, 6.45) is 7.95. The number of allylic oxidation sites excluding steroid dienone is 3. The molecule has 2 nitrogen and oxygen atoms in total. The lowest BCUT2D eigenvalue weighted by Gasteiger charge is -2.04. The highest BCUT2D eigenvalue weighted by Gasteiger charge is 2.07. The van der Waals surface area contributed by atoms with E-state index in [2.05, 4.69) is 0 Å². The first-order valence-corrected chi connectivity index (χ1v) is 4.33. The van der Waals surface area contributed by atoms with Crippen LogP contribution in [-0.4, -0.2) is 12.3 Å². The van der Waals surface area contributed by atoms with Crippen LogP contribution in [0, 0.1) is 5.92 Å². The summed E-state index contributed by atoms with van der Waals surface area (Å²) < 4.78 is 0. The van der Waals surface area contributed by atoms with Crippen molar-refractivity contribution in [2.45, 2.75) is 19.8 Å². The van der Waals surface area contributed by atoms with Crippen LogP contribution in [-0.2, 0) is 4.79 Å². The van der Waals surface area contributed by atoms with Gasteiger partial charge in [0.25, 0.3) is 0 Å². The summed E-state index contributed by atoms with van der Waals surface area (Å²) in [5.41, 5.74) is 6.36. The molecule has 0 saturated carbocycles. The Morgan fingerprint density at radius 2 is 2.50 bits per heavy atom. The maximum absolute atomic E-state index is 11.0. The van der Waals surface area contributed by atoms with Gasteiger partial charge in [-0.05, 0) is 32.2 Å². The molecule has 0 amide bonds. The van der Waals surface area contributed by atoms with E-state index in [-0.39, 0.29) is 5.78 Å². The molecule has 1 aliphatic rings. The van der Waals surface area contributed by atoms with Crippen molar-refractivity contribution in [2.75, 3.05) is 6.54 Å². The van der Waals surface area contributed by atoms with E-state index in [1.54, 1.807) is 6.92 Å². The van der Waals surface area contributed by atoms with E-state index in [1.807, 2.05) is 18.2 Å². The van der Waals surface area contributed by atoms with Gasteiger partial charge in [0.05, 0.1) is 0 Å². The number of carbonyl (C=O) groups is 1. The molecule has 0 saturated heterocycles. The van der Waals surface area contributed by atoms with Crippen LogP contribution in [0.4, 0.5) is 0 Å². The molecule has 0 bridgehead atoms. The van der Waals surface area contributed by atoms with Gasteiger partial charge in [0.2, 0.25) is 0 Å². The summed E-state index contributed by atoms with van der Waals surface area (Å²) in [6.45, 7) is 2.27. The van der Waals surface area contributed by atoms with Crippen molar-refractivity contribution in [1.29, 1.82) is 0 Å². The van der Waals surface area contributed by atoms with E-state index in [1.165, 1.54) is 0 Å². The van der Waals surface area contributed by atoms with Crippen molar-refractivity contribution in [1.82, 2.24) is 0 Å². The van der Waals surface area contributed by atoms with E-state index in [9.17, 15) is 4.79 Å². The molecule has 0 heterocycles. The summed E-state index contributed by atoms with van der Waals surface area (Å²) >= 11 is 0. The van der Waals surface area contributed by atoms with Crippen LogP contribution in [0.2, 0.25) is 0 Å². The second-order valence-corrected chi connectivity index (χ2v) is 3.15. The molecule has 0 aliphatic heterocycles. The molecule has 0 unspecified atom stereocenters. The highest BCUT2D eigenvalue weighted by Crippen LogP contribution is 2.15. The summed E-state index contributed by atoms with van der Waals surface area (Å²) in [7, 11) is 0. The second-order valence-electron chi connectivity index (χ2n) is 3.15. The molecule has 2 N–H and O–H groups in total. The third-order valence-electron chi connectivity index (χ3n) is 2.16. The predicted molar refractivity (Wildman–Crippen MR) is 49.7 cm³/mol. The number of hydrogen-bond acceptors (Lipinski definition) is 2. The Hall–Kier alpha value is -0.890. The molecule has 12 heavy (non-hydrogen) atoms. The quantitative estimate of drug-likeness (QED) is 0.672. The van der Waals surface area contributed by atoms with Crippen LogP contribution in [0.25, 0.3) is 0 Å². The molecule has 0 fully saturated rings. The lowest BCUT2D eigenvalue weighted by atomic mass is 10.1. The molecule has 1 atom stereocenters. The Morgan fingerprint density at radius 3 is 3.08 bits per heavy atom. The Balaban J connectivity index is 2.67. The summed E-state index contributed by atoms with van der Waals surface area (Å²) in [5, 5.41) is 0. The average molecular weight is 165 g/mol. The van der Waals surface area contributed by atoms with E-state index in [0.717, 1.165) is 18.4 Å². The van der Waals surface area contributed by atoms with Crippen LogP contribution >= 0.6 is 0 Å². The van der Waals surface area contributed by atoms with E-state index in [4.69, 9.17) is 5.73 Å². The predicted octanol–water partition coefficient (Wildman–Crippen LogP) is 1.43. The van der Waals surface area contributed by atoms with Gasteiger partial charge in [-0.25, -0.2) is 0 Å². The minimum Gasteiger partial charge on any atom is -0.330 e. The zero-order valence-corrected chi connectivity index (χ0v) is 7.42. The van der Waals surface area contributed by atoms with Crippen LogP contribution < -0.4 is 5.73 Å². The summed E-state index contributed by atoms with van der Waals surface area (Å²) in [6, 6.07) is 0. The maximum Gasteiger partial charge on any atom is 0.159 e. The van der Waals surface area contributed by atoms with E-state index < -0.39 is 0 Å². The molecule has 1 aliphatic carbocycles. The zero-order chi connectivity index (χ0) is 8.97. The molecule has 0 radical (unpaired) electrons. The maximum atomic E-state index is 11.0. The summed E-state index contributed by atoms with van der Waals surface area (Å²) in [4.78, 5) is 11.0. The molecule has 66 valence electrons. The Bertz CT molecular complexity index is 228. The van der Waals surface area contributed by atoms with Crippen molar-refractivity contribution in [3.63, 3.8) is 0 Å². The van der Waals surface area contributed by atoms with Gasteiger partial charge >= 0.3 is 0 Å². The van der Waals surface area contributed by atoms with Crippen LogP contribution in [0.15, 0.2) is 23.8 Å². The van der Waals surface area contributed by atoms with Crippen LogP contribution in [0.3, 0.4) is 0 Å². The monoisotopic (exact) mass is 165 g/mol. The first-order chi connectivity index (χ1) is 5.74. The minimum absolute atomic E-state index is 0.143. The largest absolute Gasteiger partial charge is 0.330 e. The number of Topliss-reactive ketones (excluding diaryl/α,β-unsaturated/α-hetero) is 1. The number of rotatable bonds is 2. The lowest BCUT2D eigenvalue weighted by Crippen LogP contribution is -2.10. The highest BCUT2D eigenvalue weighted by atomic mass is 16.1. The van der Waals surface area contributed by atoms with Gasteiger partial charge in [0.1, 0.15) is 0 Å². The van der Waals surface area contributed by atoms with Crippen molar-refractivity contribution in [3.05, 3.63) is 23.8 Å². The third-order valence-corrected chi connectivity index (χ3v) is 2.16. The van der Waals surface area contributed by atoms with Crippen LogP contribution in [0.5, 0.6) is 0 Å². The molecular weight excluding hydrogens is 150 g/mol. The van der Waals surface area contributed by atoms with Crippen molar-refractivity contribution in [2.24, 2.45) is 11.7 Å². The smallest absolute Gasteiger partial charge is 0.159 e. The fraction of sp³-hybridized carbons (Fsp3) is 0.500. The SMILES string of the molecule is CC(=O)C1=CCC[C@@H](CN)C=C1. The van der Waals surface area contributed by atoms with Crippen molar-refractivity contribution in [3.8, 4) is 0 Å². The number of nitrogens with two attached hydrogens (primary N) is 1. The van der Waals surface area contributed by atoms with Gasteiger partial charge in [-0.2, -0.15) is 0 Å². The number of ketones is 1. The molecular formula is C10H15NO. The van der Waals surface area contributed by atoms with E-state index >= 15 is 0 Å². The van der Waals surface area contributed by atoms with Gasteiger partial charge in [-0.1, -0.05) is 18.2 Å². The fourth-order valence-electron chi connectivity index (χ4n) is 1.31. The Kier molecular flexibility index (Phi) is 3.23. The van der Waals surface area contributed by atoms with Crippen molar-refractivity contribution < 1.29 is 4.79 Å². The van der Waals surface area contributed by atoms with Gasteiger partial charge in [0, 0.05) is 5.57 Å². The third kappa shape index (κ3) is 2.31. The second kappa shape index (κ2) is 4.21. The normalized spacial score (nSPS) is 23.2. The standard InChI is InChI=1S/C10H15NO/c1-8(12)10-4-2-3-9(7-11)5-6-10/h4-6,9H,2-3,7,11H2,1H3/t9-/m1/s1. The average Bonchev–Trinajstić information content (AvgIpc) is 2.28. The van der Waals surface area contributed by atoms with Crippen LogP contribution in [0.1, 0.15) is 19.8 Å². The number of hydrogen-bond donors (Lipinski definition) is 1. The topological polar surface area (TPSA) is 43.1 Å². The molecule has 0 aromatic carbocycles. The van der Waals surface area contributed by atoms with Gasteiger partial charge < -0.3 is 5.73 Å². The van der Waals surface area contributed by atoms with Gasteiger partial charge in [0.15, 0.2) is 5.78 Å². The molecule has 0 aromatic rings. The summed E-state index contributed by atoms with van der Waals surface area (Å²) in [5.74, 6) is 0.585. The zero-order valence-electron chi connectivity index (χ0n) is 7.42. The lowest BCUT2D eigenvalue weighted by molar-refractivity contribution is -0.113. The van der Waals surface area contributed by atoms with Gasteiger partial charge in [-0.15, -0.1) is 0 Å². The first-order valence-electron chi connectivity index (χ1n) is 4.33.